The smallest absolute Gasteiger partial charge is 0.323 e. The quantitative estimate of drug-likeness (QED) is 0.444. The van der Waals surface area contributed by atoms with Crippen molar-refractivity contribution in [2.45, 2.75) is 25.1 Å². The van der Waals surface area contributed by atoms with Gasteiger partial charge in [-0.15, -0.1) is 0 Å². The molecule has 1 aliphatic carbocycles. The van der Waals surface area contributed by atoms with Crippen LogP contribution >= 0.6 is 0 Å². The molecular weight excluding hydrogens is 420 g/mol. The van der Waals surface area contributed by atoms with Gasteiger partial charge in [0.2, 0.25) is 0 Å². The number of fused-ring (bicyclic) bond motifs is 2. The Morgan fingerprint density at radius 2 is 1.76 bits per heavy atom. The monoisotopic (exact) mass is 442 g/mol. The van der Waals surface area contributed by atoms with Crippen LogP contribution in [0.3, 0.4) is 0 Å². The number of ketones is 1. The van der Waals surface area contributed by atoms with Crippen molar-refractivity contribution in [1.82, 2.24) is 0 Å². The highest BCUT2D eigenvalue weighted by Gasteiger charge is 2.36. The molecule has 166 valence electrons. The van der Waals surface area contributed by atoms with Gasteiger partial charge in [0, 0.05) is 17.5 Å². The Morgan fingerprint density at radius 3 is 2.55 bits per heavy atom. The fraction of sp³-hybridized carbons (Fsp3) is 0.192. The summed E-state index contributed by atoms with van der Waals surface area (Å²) in [7, 11) is 0. The number of aliphatic imine (C=N–C) groups is 1. The fourth-order valence-corrected chi connectivity index (χ4v) is 4.20. The van der Waals surface area contributed by atoms with Crippen molar-refractivity contribution in [3.05, 3.63) is 94.5 Å². The minimum atomic E-state index is -0.762. The highest BCUT2D eigenvalue weighted by molar-refractivity contribution is 6.32. The van der Waals surface area contributed by atoms with Gasteiger partial charge in [0.15, 0.2) is 12.0 Å². The molecule has 7 nitrogen and oxygen atoms in total. The van der Waals surface area contributed by atoms with Gasteiger partial charge in [0.25, 0.3) is 0 Å². The number of hydrogen-bond acceptors (Lipinski definition) is 7. The second-order valence-electron chi connectivity index (χ2n) is 8.01. The lowest BCUT2D eigenvalue weighted by Crippen LogP contribution is -2.35. The number of rotatable bonds is 6. The fourth-order valence-electron chi connectivity index (χ4n) is 4.20. The van der Waals surface area contributed by atoms with Crippen molar-refractivity contribution < 1.29 is 24.2 Å². The molecular formula is C26H22N2O5. The van der Waals surface area contributed by atoms with E-state index >= 15 is 0 Å². The number of phenols is 1. The van der Waals surface area contributed by atoms with Crippen LogP contribution in [0.1, 0.15) is 39.0 Å². The van der Waals surface area contributed by atoms with Crippen molar-refractivity contribution >= 4 is 17.5 Å². The average Bonchev–Trinajstić information content (AvgIpc) is 2.82. The molecule has 0 bridgehead atoms. The summed E-state index contributed by atoms with van der Waals surface area (Å²) in [4.78, 5) is 29.9. The van der Waals surface area contributed by atoms with Crippen LogP contribution in [-0.4, -0.2) is 41.4 Å². The van der Waals surface area contributed by atoms with Crippen LogP contribution in [0.25, 0.3) is 0 Å². The summed E-state index contributed by atoms with van der Waals surface area (Å²) in [5.41, 5.74) is 9.33. The number of benzene rings is 3. The average molecular weight is 442 g/mol. The molecule has 1 aliphatic heterocycles. The van der Waals surface area contributed by atoms with Crippen LogP contribution in [0.15, 0.2) is 71.7 Å². The Kier molecular flexibility index (Phi) is 5.40. The van der Waals surface area contributed by atoms with Gasteiger partial charge in [-0.2, -0.15) is 0 Å². The maximum absolute atomic E-state index is 12.9. The third-order valence-corrected chi connectivity index (χ3v) is 5.78. The SMILES string of the molecule is N[C@@H](Cc1ccccc1)C(=O)OCCC1N=C2c3c(O)cccc3C(=O)c3cccc(c32)O1. The number of nitrogens with two attached hydrogens (primary N) is 1. The summed E-state index contributed by atoms with van der Waals surface area (Å²) in [6.07, 6.45) is 0.0530. The van der Waals surface area contributed by atoms with Gasteiger partial charge in [0.05, 0.1) is 23.4 Å². The zero-order valence-corrected chi connectivity index (χ0v) is 17.7. The number of aromatic hydroxyl groups is 1. The number of esters is 1. The molecule has 0 saturated carbocycles. The number of carbonyl (C=O) groups is 2. The lowest BCUT2D eigenvalue weighted by atomic mass is 9.82. The highest BCUT2D eigenvalue weighted by atomic mass is 16.5. The first-order chi connectivity index (χ1) is 16.0. The predicted octanol–water partition coefficient (Wildman–Crippen LogP) is 3.00. The summed E-state index contributed by atoms with van der Waals surface area (Å²) >= 11 is 0. The van der Waals surface area contributed by atoms with E-state index in [2.05, 4.69) is 4.99 Å². The molecule has 5 rings (SSSR count). The molecule has 3 aromatic carbocycles. The van der Waals surface area contributed by atoms with E-state index in [1.165, 1.54) is 6.07 Å². The Morgan fingerprint density at radius 1 is 1.03 bits per heavy atom. The first-order valence-electron chi connectivity index (χ1n) is 10.7. The second-order valence-corrected chi connectivity index (χ2v) is 8.01. The topological polar surface area (TPSA) is 111 Å². The highest BCUT2D eigenvalue weighted by Crippen LogP contribution is 2.40. The van der Waals surface area contributed by atoms with Crippen molar-refractivity contribution in [3.8, 4) is 11.5 Å². The Bertz CT molecular complexity index is 1270. The minimum absolute atomic E-state index is 0.0148. The van der Waals surface area contributed by atoms with E-state index in [1.807, 2.05) is 30.3 Å². The summed E-state index contributed by atoms with van der Waals surface area (Å²) in [6, 6.07) is 18.8. The maximum Gasteiger partial charge on any atom is 0.323 e. The van der Waals surface area contributed by atoms with Gasteiger partial charge < -0.3 is 20.3 Å². The van der Waals surface area contributed by atoms with Crippen molar-refractivity contribution in [2.24, 2.45) is 10.7 Å². The molecule has 2 aliphatic rings. The van der Waals surface area contributed by atoms with E-state index in [4.69, 9.17) is 15.2 Å². The molecule has 3 aromatic rings. The standard InChI is InChI=1S/C26H22N2O5/c27-18(14-15-6-2-1-3-7-15)26(31)32-13-12-21-28-24-22-16(8-4-10-19(22)29)25(30)17-9-5-11-20(33-21)23(17)24/h1-11,18,21,29H,12-14,27H2/t18-,21?/m0/s1. The third kappa shape index (κ3) is 3.87. The zero-order valence-electron chi connectivity index (χ0n) is 17.7. The van der Waals surface area contributed by atoms with E-state index in [9.17, 15) is 14.7 Å². The van der Waals surface area contributed by atoms with Crippen LogP contribution in [0.4, 0.5) is 0 Å². The van der Waals surface area contributed by atoms with Crippen LogP contribution < -0.4 is 10.5 Å². The van der Waals surface area contributed by atoms with Gasteiger partial charge in [-0.25, -0.2) is 4.99 Å². The summed E-state index contributed by atoms with van der Waals surface area (Å²) in [5.74, 6) is -0.174. The largest absolute Gasteiger partial charge is 0.507 e. The third-order valence-electron chi connectivity index (χ3n) is 5.78. The van der Waals surface area contributed by atoms with Crippen LogP contribution in [0.2, 0.25) is 0 Å². The normalized spacial score (nSPS) is 16.7. The maximum atomic E-state index is 12.9. The lowest BCUT2D eigenvalue weighted by Gasteiger charge is -2.30. The van der Waals surface area contributed by atoms with Crippen LogP contribution in [0.5, 0.6) is 11.5 Å². The van der Waals surface area contributed by atoms with Gasteiger partial charge in [-0.1, -0.05) is 54.6 Å². The lowest BCUT2D eigenvalue weighted by molar-refractivity contribution is -0.145. The molecule has 1 heterocycles. The molecule has 3 N–H and O–H groups in total. The molecule has 0 fully saturated rings. The first-order valence-corrected chi connectivity index (χ1v) is 10.7. The molecule has 0 spiro atoms. The Labute approximate surface area is 190 Å². The summed E-state index contributed by atoms with van der Waals surface area (Å²) in [6.45, 7) is 0.0738. The Balaban J connectivity index is 1.31. The number of hydrogen-bond donors (Lipinski definition) is 2. The predicted molar refractivity (Wildman–Crippen MR) is 122 cm³/mol. The molecule has 2 atom stereocenters. The number of carbonyl (C=O) groups excluding carboxylic acids is 2. The van der Waals surface area contributed by atoms with E-state index < -0.39 is 18.2 Å². The van der Waals surface area contributed by atoms with Crippen molar-refractivity contribution in [3.63, 3.8) is 0 Å². The molecule has 0 amide bonds. The van der Waals surface area contributed by atoms with Crippen molar-refractivity contribution in [1.29, 1.82) is 0 Å². The van der Waals surface area contributed by atoms with Gasteiger partial charge in [-0.3, -0.25) is 9.59 Å². The molecule has 0 aromatic heterocycles. The summed E-state index contributed by atoms with van der Waals surface area (Å²) in [5, 5.41) is 10.5. The van der Waals surface area contributed by atoms with E-state index in [1.54, 1.807) is 30.3 Å². The van der Waals surface area contributed by atoms with E-state index in [-0.39, 0.29) is 18.1 Å². The number of phenolic OH excluding ortho intramolecular Hbond substituents is 1. The zero-order chi connectivity index (χ0) is 22.9. The minimum Gasteiger partial charge on any atom is -0.507 e. The number of ether oxygens (including phenoxy) is 2. The van der Waals surface area contributed by atoms with Gasteiger partial charge >= 0.3 is 5.97 Å². The summed E-state index contributed by atoms with van der Waals surface area (Å²) < 4.78 is 11.3. The molecule has 7 heteroatoms. The van der Waals surface area contributed by atoms with Gasteiger partial charge in [-0.05, 0) is 24.1 Å². The molecule has 1 unspecified atom stereocenters. The first kappa shape index (κ1) is 20.9. The van der Waals surface area contributed by atoms with Crippen LogP contribution in [0, 0.1) is 0 Å². The number of nitrogens with zero attached hydrogens (tertiary/aromatic N) is 1. The Hall–Kier alpha value is -3.97. The molecule has 33 heavy (non-hydrogen) atoms. The van der Waals surface area contributed by atoms with Crippen molar-refractivity contribution in [2.75, 3.05) is 6.61 Å². The van der Waals surface area contributed by atoms with Crippen LogP contribution in [-0.2, 0) is 16.0 Å². The second kappa shape index (κ2) is 8.52. The van der Waals surface area contributed by atoms with Gasteiger partial charge in [0.1, 0.15) is 17.5 Å². The van der Waals surface area contributed by atoms with E-state index in [0.717, 1.165) is 5.56 Å². The van der Waals surface area contributed by atoms with E-state index in [0.29, 0.717) is 46.6 Å². The molecule has 0 radical (unpaired) electrons. The molecule has 0 saturated heterocycles.